The number of rotatable bonds is 3. The number of benzene rings is 2. The van der Waals surface area contributed by atoms with Crippen molar-refractivity contribution in [3.05, 3.63) is 59.9 Å². The van der Waals surface area contributed by atoms with E-state index in [9.17, 15) is 14.0 Å². The maximum absolute atomic E-state index is 13.1. The molecule has 2 aromatic rings. The Morgan fingerprint density at radius 3 is 2.36 bits per heavy atom. The van der Waals surface area contributed by atoms with Crippen LogP contribution in [0.2, 0.25) is 0 Å². The maximum atomic E-state index is 13.1. The quantitative estimate of drug-likeness (QED) is 0.802. The Morgan fingerprint density at radius 2 is 1.68 bits per heavy atom. The van der Waals surface area contributed by atoms with Gasteiger partial charge in [0.05, 0.1) is 0 Å². The first-order chi connectivity index (χ1) is 12.1. The first-order valence-corrected chi connectivity index (χ1v) is 8.05. The van der Waals surface area contributed by atoms with Crippen LogP contribution in [0.5, 0.6) is 0 Å². The number of hydrogen-bond donors (Lipinski definition) is 3. The first-order valence-electron chi connectivity index (χ1n) is 8.05. The van der Waals surface area contributed by atoms with Crippen LogP contribution < -0.4 is 16.0 Å². The number of carbonyl (C=O) groups excluding carboxylic acids is 2. The zero-order valence-electron chi connectivity index (χ0n) is 13.6. The van der Waals surface area contributed by atoms with E-state index in [1.165, 1.54) is 18.2 Å². The van der Waals surface area contributed by atoms with Gasteiger partial charge in [-0.1, -0.05) is 6.07 Å². The summed E-state index contributed by atoms with van der Waals surface area (Å²) in [5.74, 6) is -0.755. The second-order valence-corrected chi connectivity index (χ2v) is 5.71. The maximum Gasteiger partial charge on any atom is 0.321 e. The molecule has 25 heavy (non-hydrogen) atoms. The molecular weight excluding hydrogens is 323 g/mol. The van der Waals surface area contributed by atoms with Crippen molar-refractivity contribution in [1.29, 1.82) is 0 Å². The molecule has 0 spiro atoms. The number of halogens is 1. The fourth-order valence-corrected chi connectivity index (χ4v) is 2.54. The molecule has 3 N–H and O–H groups in total. The molecule has 3 amide bonds. The van der Waals surface area contributed by atoms with Crippen LogP contribution in [-0.4, -0.2) is 43.0 Å². The molecule has 3 rings (SSSR count). The molecule has 6 nitrogen and oxygen atoms in total. The molecule has 1 aliphatic heterocycles. The van der Waals surface area contributed by atoms with E-state index in [-0.39, 0.29) is 11.9 Å². The summed E-state index contributed by atoms with van der Waals surface area (Å²) in [5, 5.41) is 8.63. The van der Waals surface area contributed by atoms with E-state index in [0.29, 0.717) is 30.0 Å². The topological polar surface area (TPSA) is 73.5 Å². The van der Waals surface area contributed by atoms with E-state index in [0.717, 1.165) is 13.1 Å². The third-order valence-corrected chi connectivity index (χ3v) is 3.89. The fourth-order valence-electron chi connectivity index (χ4n) is 2.54. The van der Waals surface area contributed by atoms with Crippen LogP contribution in [0.4, 0.5) is 20.6 Å². The Labute approximate surface area is 145 Å². The van der Waals surface area contributed by atoms with Crippen molar-refractivity contribution in [2.24, 2.45) is 0 Å². The second-order valence-electron chi connectivity index (χ2n) is 5.71. The molecule has 1 fully saturated rings. The average Bonchev–Trinajstić information content (AvgIpc) is 2.63. The molecule has 0 unspecified atom stereocenters. The molecule has 1 aliphatic rings. The third kappa shape index (κ3) is 4.54. The minimum atomic E-state index is -0.413. The van der Waals surface area contributed by atoms with Crippen molar-refractivity contribution in [2.75, 3.05) is 36.8 Å². The van der Waals surface area contributed by atoms with Gasteiger partial charge in [-0.3, -0.25) is 4.79 Å². The Morgan fingerprint density at radius 1 is 0.960 bits per heavy atom. The number of piperazine rings is 1. The highest BCUT2D eigenvalue weighted by atomic mass is 19.1. The number of urea groups is 1. The molecule has 0 atom stereocenters. The van der Waals surface area contributed by atoms with Crippen molar-refractivity contribution in [2.45, 2.75) is 0 Å². The largest absolute Gasteiger partial charge is 0.322 e. The summed E-state index contributed by atoms with van der Waals surface area (Å²) in [6.07, 6.45) is 0. The summed E-state index contributed by atoms with van der Waals surface area (Å²) in [6, 6.07) is 12.1. The minimum Gasteiger partial charge on any atom is -0.322 e. The Balaban J connectivity index is 1.59. The molecule has 1 heterocycles. The van der Waals surface area contributed by atoms with Crippen LogP contribution in [0.3, 0.4) is 0 Å². The van der Waals surface area contributed by atoms with Gasteiger partial charge in [0.1, 0.15) is 5.82 Å². The van der Waals surface area contributed by atoms with Crippen LogP contribution in [0, 0.1) is 5.82 Å². The van der Waals surface area contributed by atoms with Crippen LogP contribution in [0.1, 0.15) is 10.4 Å². The van der Waals surface area contributed by atoms with Crippen LogP contribution in [0.15, 0.2) is 48.5 Å². The molecule has 7 heteroatoms. The zero-order chi connectivity index (χ0) is 17.6. The van der Waals surface area contributed by atoms with Gasteiger partial charge in [0, 0.05) is 43.1 Å². The SMILES string of the molecule is O=C(Nc1cccc(F)c1)c1ccc(NC(=O)N2CCNCC2)cc1. The van der Waals surface area contributed by atoms with Crippen molar-refractivity contribution >= 4 is 23.3 Å². The Bertz CT molecular complexity index is 758. The summed E-state index contributed by atoms with van der Waals surface area (Å²) in [7, 11) is 0. The summed E-state index contributed by atoms with van der Waals surface area (Å²) in [4.78, 5) is 26.0. The number of anilines is 2. The standard InChI is InChI=1S/C18H19FN4O2/c19-14-2-1-3-16(12-14)21-17(24)13-4-6-15(7-5-13)22-18(25)23-10-8-20-9-11-23/h1-7,12,20H,8-11H2,(H,21,24)(H,22,25). The van der Waals surface area contributed by atoms with E-state index < -0.39 is 5.82 Å². The Kier molecular flexibility index (Phi) is 5.25. The predicted molar refractivity (Wildman–Crippen MR) is 94.3 cm³/mol. The van der Waals surface area contributed by atoms with Gasteiger partial charge in [-0.05, 0) is 42.5 Å². The summed E-state index contributed by atoms with van der Waals surface area (Å²) < 4.78 is 13.1. The first kappa shape index (κ1) is 16.9. The Hall–Kier alpha value is -2.93. The summed E-state index contributed by atoms with van der Waals surface area (Å²) in [6.45, 7) is 2.90. The van der Waals surface area contributed by atoms with Gasteiger partial charge in [0.15, 0.2) is 0 Å². The lowest BCUT2D eigenvalue weighted by Gasteiger charge is -2.27. The van der Waals surface area contributed by atoms with Gasteiger partial charge >= 0.3 is 6.03 Å². The van der Waals surface area contributed by atoms with E-state index in [1.54, 1.807) is 35.2 Å². The lowest BCUT2D eigenvalue weighted by atomic mass is 10.2. The van der Waals surface area contributed by atoms with Gasteiger partial charge in [-0.25, -0.2) is 9.18 Å². The normalized spacial score (nSPS) is 14.0. The van der Waals surface area contributed by atoms with Crippen molar-refractivity contribution < 1.29 is 14.0 Å². The number of hydrogen-bond acceptors (Lipinski definition) is 3. The smallest absolute Gasteiger partial charge is 0.321 e. The van der Waals surface area contributed by atoms with Gasteiger partial charge in [0.25, 0.3) is 5.91 Å². The van der Waals surface area contributed by atoms with Crippen molar-refractivity contribution in [3.63, 3.8) is 0 Å². The number of nitrogens with one attached hydrogen (secondary N) is 3. The van der Waals surface area contributed by atoms with Gasteiger partial charge in [0.2, 0.25) is 0 Å². The molecule has 130 valence electrons. The molecule has 0 radical (unpaired) electrons. The zero-order valence-corrected chi connectivity index (χ0v) is 13.6. The number of carbonyl (C=O) groups is 2. The highest BCUT2D eigenvalue weighted by Gasteiger charge is 2.16. The molecule has 0 bridgehead atoms. The predicted octanol–water partition coefficient (Wildman–Crippen LogP) is 2.52. The van der Waals surface area contributed by atoms with Gasteiger partial charge in [-0.15, -0.1) is 0 Å². The van der Waals surface area contributed by atoms with E-state index in [1.807, 2.05) is 0 Å². The van der Waals surface area contributed by atoms with Crippen LogP contribution >= 0.6 is 0 Å². The van der Waals surface area contributed by atoms with Gasteiger partial charge < -0.3 is 20.9 Å². The van der Waals surface area contributed by atoms with Crippen LogP contribution in [-0.2, 0) is 0 Å². The molecular formula is C18H19FN4O2. The molecule has 0 aliphatic carbocycles. The summed E-state index contributed by atoms with van der Waals surface area (Å²) >= 11 is 0. The van der Waals surface area contributed by atoms with E-state index in [2.05, 4.69) is 16.0 Å². The minimum absolute atomic E-state index is 0.154. The number of nitrogens with zero attached hydrogens (tertiary/aromatic N) is 1. The van der Waals surface area contributed by atoms with Crippen molar-refractivity contribution in [3.8, 4) is 0 Å². The summed E-state index contributed by atoms with van der Waals surface area (Å²) in [5.41, 5.74) is 1.43. The highest BCUT2D eigenvalue weighted by Crippen LogP contribution is 2.14. The lowest BCUT2D eigenvalue weighted by molar-refractivity contribution is 0.102. The van der Waals surface area contributed by atoms with E-state index >= 15 is 0 Å². The third-order valence-electron chi connectivity index (χ3n) is 3.89. The monoisotopic (exact) mass is 342 g/mol. The molecule has 0 aromatic heterocycles. The van der Waals surface area contributed by atoms with E-state index in [4.69, 9.17) is 0 Å². The molecule has 1 saturated heterocycles. The average molecular weight is 342 g/mol. The highest BCUT2D eigenvalue weighted by molar-refractivity contribution is 6.04. The molecule has 2 aromatic carbocycles. The number of amides is 3. The molecule has 0 saturated carbocycles. The fraction of sp³-hybridized carbons (Fsp3) is 0.222. The second kappa shape index (κ2) is 7.76. The lowest BCUT2D eigenvalue weighted by Crippen LogP contribution is -2.48. The van der Waals surface area contributed by atoms with Gasteiger partial charge in [-0.2, -0.15) is 0 Å². The van der Waals surface area contributed by atoms with Crippen molar-refractivity contribution in [1.82, 2.24) is 10.2 Å². The van der Waals surface area contributed by atoms with Crippen LogP contribution in [0.25, 0.3) is 0 Å².